The van der Waals surface area contributed by atoms with Crippen molar-refractivity contribution in [1.82, 2.24) is 15.5 Å². The van der Waals surface area contributed by atoms with Crippen LogP contribution in [-0.2, 0) is 19.2 Å². The molecule has 5 unspecified atom stereocenters. The molecule has 31 heavy (non-hydrogen) atoms. The summed E-state index contributed by atoms with van der Waals surface area (Å²) >= 11 is 0. The number of hydrogen-bond acceptors (Lipinski definition) is 7. The third-order valence-corrected chi connectivity index (χ3v) is 5.76. The molecule has 0 aromatic heterocycles. The molecule has 0 bridgehead atoms. The van der Waals surface area contributed by atoms with Gasteiger partial charge in [0.2, 0.25) is 17.7 Å². The number of aliphatic hydroxyl groups is 1. The Hall–Kier alpha value is -2.24. The van der Waals surface area contributed by atoms with Gasteiger partial charge in [-0.2, -0.15) is 0 Å². The average Bonchev–Trinajstić information content (AvgIpc) is 3.24. The number of nitrogens with two attached hydrogens (primary N) is 2. The minimum absolute atomic E-state index is 0.0417. The van der Waals surface area contributed by atoms with Crippen molar-refractivity contribution in [3.05, 3.63) is 0 Å². The maximum Gasteiger partial charge on any atom is 0.326 e. The molecule has 1 fully saturated rings. The van der Waals surface area contributed by atoms with Gasteiger partial charge in [-0.15, -0.1) is 0 Å². The van der Waals surface area contributed by atoms with Gasteiger partial charge in [-0.25, -0.2) is 4.79 Å². The molecule has 1 rings (SSSR count). The van der Waals surface area contributed by atoms with E-state index < -0.39 is 48.6 Å². The number of amides is 3. The fourth-order valence-electron chi connectivity index (χ4n) is 3.48. The summed E-state index contributed by atoms with van der Waals surface area (Å²) in [6.07, 6.45) is 3.07. The molecule has 11 nitrogen and oxygen atoms in total. The number of nitrogens with zero attached hydrogens (tertiary/aromatic N) is 1. The lowest BCUT2D eigenvalue weighted by Crippen LogP contribution is -2.58. The normalized spacial score (nSPS) is 19.9. The first-order chi connectivity index (χ1) is 14.7. The van der Waals surface area contributed by atoms with Crippen LogP contribution in [0, 0.1) is 5.92 Å². The fraction of sp³-hybridized carbons (Fsp3) is 0.800. The number of nitrogens with one attached hydrogen (secondary N) is 2. The van der Waals surface area contributed by atoms with E-state index >= 15 is 0 Å². The zero-order valence-corrected chi connectivity index (χ0v) is 18.4. The smallest absolute Gasteiger partial charge is 0.326 e. The summed E-state index contributed by atoms with van der Waals surface area (Å²) in [5.41, 5.74) is 11.4. The Kier molecular flexibility index (Phi) is 11.4. The number of hydrogen-bond donors (Lipinski definition) is 6. The molecule has 0 saturated carbocycles. The SMILES string of the molecule is CCC(C)C(N)C(=O)N1CCCC1C(=O)NC(CO)C(=O)NC(CCCCN)C(=O)O. The van der Waals surface area contributed by atoms with Crippen LogP contribution >= 0.6 is 0 Å². The van der Waals surface area contributed by atoms with Gasteiger partial charge in [-0.05, 0) is 44.6 Å². The number of carbonyl (C=O) groups is 4. The lowest BCUT2D eigenvalue weighted by atomic mass is 9.98. The van der Waals surface area contributed by atoms with Gasteiger partial charge in [0.1, 0.15) is 18.1 Å². The first kappa shape index (κ1) is 26.8. The Morgan fingerprint density at radius 2 is 1.84 bits per heavy atom. The number of likely N-dealkylation sites (tertiary alicyclic amines) is 1. The number of carboxylic acids is 1. The molecule has 0 spiro atoms. The molecule has 1 heterocycles. The topological polar surface area (TPSA) is 188 Å². The van der Waals surface area contributed by atoms with E-state index in [0.29, 0.717) is 38.8 Å². The van der Waals surface area contributed by atoms with E-state index in [9.17, 15) is 29.4 Å². The molecule has 0 aromatic carbocycles. The van der Waals surface area contributed by atoms with Gasteiger partial charge in [-0.1, -0.05) is 20.3 Å². The monoisotopic (exact) mass is 443 g/mol. The van der Waals surface area contributed by atoms with Gasteiger partial charge in [0, 0.05) is 6.54 Å². The minimum Gasteiger partial charge on any atom is -0.480 e. The van der Waals surface area contributed by atoms with Crippen LogP contribution in [0.1, 0.15) is 52.4 Å². The van der Waals surface area contributed by atoms with Crippen LogP contribution in [0.15, 0.2) is 0 Å². The molecule has 1 aliphatic rings. The van der Waals surface area contributed by atoms with Crippen molar-refractivity contribution in [2.24, 2.45) is 17.4 Å². The maximum atomic E-state index is 12.8. The summed E-state index contributed by atoms with van der Waals surface area (Å²) in [5, 5.41) is 23.7. The molecule has 0 aromatic rings. The van der Waals surface area contributed by atoms with Crippen LogP contribution in [0.3, 0.4) is 0 Å². The lowest BCUT2D eigenvalue weighted by molar-refractivity contribution is -0.143. The molecule has 1 aliphatic heterocycles. The summed E-state index contributed by atoms with van der Waals surface area (Å²) in [6, 6.07) is -3.99. The highest BCUT2D eigenvalue weighted by atomic mass is 16.4. The molecule has 178 valence electrons. The van der Waals surface area contributed by atoms with Gasteiger partial charge in [0.25, 0.3) is 0 Å². The molecule has 8 N–H and O–H groups in total. The molecule has 0 aliphatic carbocycles. The quantitative estimate of drug-likeness (QED) is 0.186. The lowest BCUT2D eigenvalue weighted by Gasteiger charge is -2.29. The Bertz CT molecular complexity index is 631. The standard InChI is InChI=1S/C20H37N5O6/c1-3-12(2)16(22)19(29)25-10-6-8-15(25)18(28)24-14(11-26)17(27)23-13(20(30)31)7-4-5-9-21/h12-16,26H,3-11,21-22H2,1-2H3,(H,23,27)(H,24,28)(H,30,31). The van der Waals surface area contributed by atoms with Crippen molar-refractivity contribution in [2.75, 3.05) is 19.7 Å². The second-order valence-corrected chi connectivity index (χ2v) is 8.03. The molecule has 11 heteroatoms. The Labute approximate surface area is 182 Å². The van der Waals surface area contributed by atoms with Crippen molar-refractivity contribution in [1.29, 1.82) is 0 Å². The van der Waals surface area contributed by atoms with Crippen molar-refractivity contribution < 1.29 is 29.4 Å². The molecule has 0 radical (unpaired) electrons. The van der Waals surface area contributed by atoms with Crippen LogP contribution in [0.4, 0.5) is 0 Å². The third kappa shape index (κ3) is 7.75. The summed E-state index contributed by atoms with van der Waals surface area (Å²) in [4.78, 5) is 50.7. The van der Waals surface area contributed by atoms with Crippen molar-refractivity contribution in [2.45, 2.75) is 76.5 Å². The van der Waals surface area contributed by atoms with E-state index in [-0.39, 0.29) is 18.2 Å². The van der Waals surface area contributed by atoms with Gasteiger partial charge >= 0.3 is 5.97 Å². The number of unbranched alkanes of at least 4 members (excludes halogenated alkanes) is 1. The largest absolute Gasteiger partial charge is 0.480 e. The summed E-state index contributed by atoms with van der Waals surface area (Å²) in [5.74, 6) is -2.95. The second-order valence-electron chi connectivity index (χ2n) is 8.03. The highest BCUT2D eigenvalue weighted by Crippen LogP contribution is 2.20. The van der Waals surface area contributed by atoms with Crippen molar-refractivity contribution in [3.63, 3.8) is 0 Å². The number of aliphatic hydroxyl groups excluding tert-OH is 1. The fourth-order valence-corrected chi connectivity index (χ4v) is 3.48. The highest BCUT2D eigenvalue weighted by Gasteiger charge is 2.38. The first-order valence-electron chi connectivity index (χ1n) is 10.9. The highest BCUT2D eigenvalue weighted by molar-refractivity contribution is 5.94. The van der Waals surface area contributed by atoms with E-state index in [2.05, 4.69) is 10.6 Å². The predicted molar refractivity (Wildman–Crippen MR) is 114 cm³/mol. The maximum absolute atomic E-state index is 12.8. The zero-order valence-electron chi connectivity index (χ0n) is 18.4. The van der Waals surface area contributed by atoms with Crippen LogP contribution in [-0.4, -0.2) is 82.7 Å². The van der Waals surface area contributed by atoms with Crippen LogP contribution in [0.5, 0.6) is 0 Å². The first-order valence-corrected chi connectivity index (χ1v) is 10.9. The number of carbonyl (C=O) groups excluding carboxylic acids is 3. The summed E-state index contributed by atoms with van der Waals surface area (Å²) in [6.45, 7) is 3.88. The van der Waals surface area contributed by atoms with Crippen LogP contribution in [0.25, 0.3) is 0 Å². The number of carboxylic acid groups (broad SMARTS) is 1. The van der Waals surface area contributed by atoms with E-state index in [0.717, 1.165) is 6.42 Å². The Morgan fingerprint density at radius 1 is 1.16 bits per heavy atom. The van der Waals surface area contributed by atoms with Gasteiger partial charge in [-0.3, -0.25) is 14.4 Å². The molecule has 5 atom stereocenters. The van der Waals surface area contributed by atoms with Gasteiger partial charge < -0.3 is 37.2 Å². The second kappa shape index (κ2) is 13.2. The van der Waals surface area contributed by atoms with E-state index in [4.69, 9.17) is 11.5 Å². The Morgan fingerprint density at radius 3 is 2.39 bits per heavy atom. The number of rotatable bonds is 13. The summed E-state index contributed by atoms with van der Waals surface area (Å²) < 4.78 is 0. The summed E-state index contributed by atoms with van der Waals surface area (Å²) in [7, 11) is 0. The zero-order chi connectivity index (χ0) is 23.6. The van der Waals surface area contributed by atoms with E-state index in [1.807, 2.05) is 13.8 Å². The van der Waals surface area contributed by atoms with Gasteiger partial charge in [0.15, 0.2) is 0 Å². The Balaban J connectivity index is 2.76. The van der Waals surface area contributed by atoms with E-state index in [1.165, 1.54) is 4.90 Å². The van der Waals surface area contributed by atoms with Gasteiger partial charge in [0.05, 0.1) is 12.6 Å². The average molecular weight is 444 g/mol. The molecule has 1 saturated heterocycles. The number of aliphatic carboxylic acids is 1. The molecular formula is C20H37N5O6. The molecular weight excluding hydrogens is 406 g/mol. The van der Waals surface area contributed by atoms with E-state index in [1.54, 1.807) is 0 Å². The third-order valence-electron chi connectivity index (χ3n) is 5.76. The van der Waals surface area contributed by atoms with Crippen LogP contribution in [0.2, 0.25) is 0 Å². The van der Waals surface area contributed by atoms with Crippen molar-refractivity contribution in [3.8, 4) is 0 Å². The predicted octanol–water partition coefficient (Wildman–Crippen LogP) is -1.47. The van der Waals surface area contributed by atoms with Crippen molar-refractivity contribution >= 4 is 23.7 Å². The minimum atomic E-state index is -1.33. The van der Waals surface area contributed by atoms with Crippen LogP contribution < -0.4 is 22.1 Å². The molecule has 3 amide bonds.